The van der Waals surface area contributed by atoms with Crippen molar-refractivity contribution < 1.29 is 5.11 Å². The quantitative estimate of drug-likeness (QED) is 0.488. The second-order valence-electron chi connectivity index (χ2n) is 4.80. The van der Waals surface area contributed by atoms with Crippen molar-refractivity contribution in [2.45, 2.75) is 32.6 Å². The van der Waals surface area contributed by atoms with Gasteiger partial charge in [-0.15, -0.1) is 5.76 Å². The maximum absolute atomic E-state index is 11.0. The van der Waals surface area contributed by atoms with Crippen LogP contribution in [0.15, 0.2) is 35.1 Å². The maximum atomic E-state index is 11.0. The second-order valence-corrected chi connectivity index (χ2v) is 10.3. The van der Waals surface area contributed by atoms with Crippen molar-refractivity contribution in [3.05, 3.63) is 35.1 Å². The summed E-state index contributed by atoms with van der Waals surface area (Å²) in [6.07, 6.45) is 6.04. The SMILES string of the molecule is CC([O-])=C1C=CC(C[Si](C)(C)C)=C1. The van der Waals surface area contributed by atoms with Crippen molar-refractivity contribution in [1.82, 2.24) is 0 Å². The Morgan fingerprint density at radius 1 is 1.31 bits per heavy atom. The molecule has 2 heteroatoms. The van der Waals surface area contributed by atoms with Crippen molar-refractivity contribution in [3.8, 4) is 0 Å². The summed E-state index contributed by atoms with van der Waals surface area (Å²) >= 11 is 0. The fourth-order valence-corrected chi connectivity index (χ4v) is 2.88. The van der Waals surface area contributed by atoms with Gasteiger partial charge in [0.05, 0.1) is 0 Å². The van der Waals surface area contributed by atoms with E-state index in [9.17, 15) is 5.11 Å². The van der Waals surface area contributed by atoms with Crippen LogP contribution in [0.2, 0.25) is 25.7 Å². The molecule has 0 aliphatic heterocycles. The zero-order valence-corrected chi connectivity index (χ0v) is 9.85. The molecule has 0 unspecified atom stereocenters. The minimum Gasteiger partial charge on any atom is -0.875 e. The minimum atomic E-state index is -1.03. The van der Waals surface area contributed by atoms with Gasteiger partial charge in [0.25, 0.3) is 0 Å². The van der Waals surface area contributed by atoms with Crippen molar-refractivity contribution >= 4 is 8.07 Å². The topological polar surface area (TPSA) is 23.1 Å². The molecule has 0 N–H and O–H groups in total. The van der Waals surface area contributed by atoms with E-state index in [1.54, 1.807) is 6.92 Å². The van der Waals surface area contributed by atoms with E-state index in [2.05, 4.69) is 25.7 Å². The lowest BCUT2D eigenvalue weighted by Crippen LogP contribution is -2.19. The number of hydrogen-bond acceptors (Lipinski definition) is 1. The molecule has 0 spiro atoms. The standard InChI is InChI=1S/C11H18OSi/c1-9(12)11-6-5-10(7-11)8-13(2,3)4/h5-7,12H,8H2,1-4H3/p-1. The molecule has 1 aliphatic rings. The summed E-state index contributed by atoms with van der Waals surface area (Å²) in [6, 6.07) is 1.17. The normalized spacial score (nSPS) is 20.5. The first-order chi connectivity index (χ1) is 5.88. The molecule has 0 radical (unpaired) electrons. The lowest BCUT2D eigenvalue weighted by Gasteiger charge is -2.15. The molecule has 13 heavy (non-hydrogen) atoms. The number of allylic oxidation sites excluding steroid dienone is 6. The van der Waals surface area contributed by atoms with E-state index in [4.69, 9.17) is 0 Å². The monoisotopic (exact) mass is 193 g/mol. The molecule has 0 aromatic heterocycles. The second kappa shape index (κ2) is 3.54. The van der Waals surface area contributed by atoms with Crippen LogP contribution < -0.4 is 5.11 Å². The Balaban J connectivity index is 2.74. The average molecular weight is 193 g/mol. The van der Waals surface area contributed by atoms with Gasteiger partial charge in [-0.1, -0.05) is 50.4 Å². The summed E-state index contributed by atoms with van der Waals surface area (Å²) in [7, 11) is -1.03. The highest BCUT2D eigenvalue weighted by atomic mass is 28.3. The van der Waals surface area contributed by atoms with Gasteiger partial charge in [-0.05, 0) is 11.6 Å². The van der Waals surface area contributed by atoms with E-state index in [0.717, 1.165) is 5.57 Å². The molecular weight excluding hydrogens is 176 g/mol. The predicted octanol–water partition coefficient (Wildman–Crippen LogP) is 2.46. The summed E-state index contributed by atoms with van der Waals surface area (Å²) < 4.78 is 0. The van der Waals surface area contributed by atoms with Crippen molar-refractivity contribution in [2.24, 2.45) is 0 Å². The predicted molar refractivity (Wildman–Crippen MR) is 58.1 cm³/mol. The van der Waals surface area contributed by atoms with Crippen LogP contribution in [0.5, 0.6) is 0 Å². The molecule has 0 amide bonds. The van der Waals surface area contributed by atoms with Crippen molar-refractivity contribution in [2.75, 3.05) is 0 Å². The van der Waals surface area contributed by atoms with Crippen LogP contribution in [-0.2, 0) is 0 Å². The summed E-state index contributed by atoms with van der Waals surface area (Å²) in [6.45, 7) is 8.64. The molecule has 0 aromatic rings. The fraction of sp³-hybridized carbons (Fsp3) is 0.455. The maximum Gasteiger partial charge on any atom is 0.0487 e. The van der Waals surface area contributed by atoms with Crippen LogP contribution in [0, 0.1) is 0 Å². The van der Waals surface area contributed by atoms with E-state index in [-0.39, 0.29) is 5.76 Å². The van der Waals surface area contributed by atoms with E-state index < -0.39 is 8.07 Å². The van der Waals surface area contributed by atoms with Gasteiger partial charge in [-0.2, -0.15) is 0 Å². The Bertz CT molecular complexity index is 286. The third kappa shape index (κ3) is 3.23. The molecule has 1 aliphatic carbocycles. The Kier molecular flexibility index (Phi) is 2.81. The van der Waals surface area contributed by atoms with Gasteiger partial charge >= 0.3 is 0 Å². The number of hydrogen-bond donors (Lipinski definition) is 0. The molecule has 0 atom stereocenters. The van der Waals surface area contributed by atoms with E-state index in [1.807, 2.05) is 12.2 Å². The highest BCUT2D eigenvalue weighted by Gasteiger charge is 2.15. The van der Waals surface area contributed by atoms with Gasteiger partial charge < -0.3 is 5.11 Å². The molecule has 1 nitrogen and oxygen atoms in total. The van der Waals surface area contributed by atoms with Gasteiger partial charge in [-0.25, -0.2) is 0 Å². The summed E-state index contributed by atoms with van der Waals surface area (Å²) in [5.74, 6) is 0.168. The Morgan fingerprint density at radius 3 is 2.31 bits per heavy atom. The van der Waals surface area contributed by atoms with Crippen LogP contribution in [0.25, 0.3) is 0 Å². The first-order valence-electron chi connectivity index (χ1n) is 4.65. The van der Waals surface area contributed by atoms with Crippen LogP contribution >= 0.6 is 0 Å². The molecule has 0 bridgehead atoms. The first kappa shape index (κ1) is 10.3. The highest BCUT2D eigenvalue weighted by Crippen LogP contribution is 2.24. The third-order valence-electron chi connectivity index (χ3n) is 1.96. The Hall–Kier alpha value is -0.763. The van der Waals surface area contributed by atoms with Gasteiger partial charge in [0, 0.05) is 8.07 Å². The Labute approximate surface area is 81.5 Å². The van der Waals surface area contributed by atoms with Gasteiger partial charge in [-0.3, -0.25) is 0 Å². The number of rotatable bonds is 2. The van der Waals surface area contributed by atoms with Crippen molar-refractivity contribution in [1.29, 1.82) is 0 Å². The average Bonchev–Trinajstić information content (AvgIpc) is 2.31. The van der Waals surface area contributed by atoms with E-state index >= 15 is 0 Å². The van der Waals surface area contributed by atoms with Gasteiger partial charge in [0.15, 0.2) is 0 Å². The van der Waals surface area contributed by atoms with Crippen molar-refractivity contribution in [3.63, 3.8) is 0 Å². The Morgan fingerprint density at radius 2 is 1.92 bits per heavy atom. The molecule has 0 aromatic carbocycles. The molecule has 0 saturated carbocycles. The molecule has 72 valence electrons. The molecule has 0 fully saturated rings. The van der Waals surface area contributed by atoms with Gasteiger partial charge in [0.1, 0.15) is 0 Å². The third-order valence-corrected chi connectivity index (χ3v) is 3.43. The minimum absolute atomic E-state index is 0.168. The first-order valence-corrected chi connectivity index (χ1v) is 8.36. The summed E-state index contributed by atoms with van der Waals surface area (Å²) in [4.78, 5) is 0. The highest BCUT2D eigenvalue weighted by molar-refractivity contribution is 6.76. The van der Waals surface area contributed by atoms with Crippen LogP contribution in [0.1, 0.15) is 6.92 Å². The van der Waals surface area contributed by atoms with Crippen LogP contribution in [0.4, 0.5) is 0 Å². The molecule has 0 heterocycles. The molecular formula is C11H17OSi-. The van der Waals surface area contributed by atoms with Gasteiger partial charge in [0.2, 0.25) is 0 Å². The largest absolute Gasteiger partial charge is 0.875 e. The van der Waals surface area contributed by atoms with E-state index in [1.165, 1.54) is 11.6 Å². The summed E-state index contributed by atoms with van der Waals surface area (Å²) in [5, 5.41) is 11.0. The lowest BCUT2D eigenvalue weighted by atomic mass is 10.2. The zero-order valence-electron chi connectivity index (χ0n) is 8.85. The van der Waals surface area contributed by atoms with E-state index in [0.29, 0.717) is 0 Å². The fourth-order valence-electron chi connectivity index (χ4n) is 1.43. The van der Waals surface area contributed by atoms with Crippen LogP contribution in [0.3, 0.4) is 0 Å². The summed E-state index contributed by atoms with van der Waals surface area (Å²) in [5.41, 5.74) is 2.18. The molecule has 0 saturated heterocycles. The smallest absolute Gasteiger partial charge is 0.0487 e. The lowest BCUT2D eigenvalue weighted by molar-refractivity contribution is -0.302. The zero-order chi connectivity index (χ0) is 10.1. The molecule has 1 rings (SSSR count). The van der Waals surface area contributed by atoms with Crippen LogP contribution in [-0.4, -0.2) is 8.07 Å².